The van der Waals surface area contributed by atoms with Crippen molar-refractivity contribution in [2.45, 2.75) is 58.8 Å². The summed E-state index contributed by atoms with van der Waals surface area (Å²) in [4.78, 5) is 11.2. The van der Waals surface area contributed by atoms with Crippen LogP contribution in [-0.2, 0) is 6.42 Å². The summed E-state index contributed by atoms with van der Waals surface area (Å²) in [6, 6.07) is 5.83. The summed E-state index contributed by atoms with van der Waals surface area (Å²) in [7, 11) is 0. The third-order valence-electron chi connectivity index (χ3n) is 3.46. The van der Waals surface area contributed by atoms with Gasteiger partial charge in [-0.05, 0) is 48.6 Å². The third-order valence-corrected chi connectivity index (χ3v) is 3.66. The molecule has 1 aromatic carbocycles. The van der Waals surface area contributed by atoms with Gasteiger partial charge in [-0.2, -0.15) is 0 Å². The van der Waals surface area contributed by atoms with Crippen molar-refractivity contribution in [3.05, 3.63) is 34.9 Å². The Morgan fingerprint density at radius 3 is 2.44 bits per heavy atom. The summed E-state index contributed by atoms with van der Waals surface area (Å²) in [5, 5.41) is -0.350. The van der Waals surface area contributed by atoms with Gasteiger partial charge in [0.2, 0.25) is 0 Å². The highest BCUT2D eigenvalue weighted by molar-refractivity contribution is 6.67. The number of carbonyl (C=O) groups excluding carboxylic acids is 1. The van der Waals surface area contributed by atoms with E-state index in [1.54, 1.807) is 6.07 Å². The molecule has 0 unspecified atom stereocenters. The molecule has 0 saturated heterocycles. The van der Waals surface area contributed by atoms with Crippen LogP contribution in [0.3, 0.4) is 0 Å². The van der Waals surface area contributed by atoms with Gasteiger partial charge in [-0.3, -0.25) is 4.79 Å². The fourth-order valence-corrected chi connectivity index (χ4v) is 2.47. The van der Waals surface area contributed by atoms with Crippen LogP contribution in [-0.4, -0.2) is 5.24 Å². The Bertz CT molecular complexity index is 385. The van der Waals surface area contributed by atoms with Gasteiger partial charge in [0.1, 0.15) is 0 Å². The molecule has 1 rings (SSSR count). The number of hydrogen-bond acceptors (Lipinski definition) is 1. The Balaban J connectivity index is 2.43. The average molecular weight is 267 g/mol. The lowest BCUT2D eigenvalue weighted by atomic mass is 9.98. The van der Waals surface area contributed by atoms with E-state index in [2.05, 4.69) is 13.0 Å². The summed E-state index contributed by atoms with van der Waals surface area (Å²) in [6.07, 6.45) is 8.82. The van der Waals surface area contributed by atoms with Crippen LogP contribution in [0.4, 0.5) is 0 Å². The molecule has 18 heavy (non-hydrogen) atoms. The largest absolute Gasteiger partial charge is 0.276 e. The third kappa shape index (κ3) is 4.81. The van der Waals surface area contributed by atoms with Gasteiger partial charge in [0, 0.05) is 5.56 Å². The van der Waals surface area contributed by atoms with E-state index in [0.29, 0.717) is 5.56 Å². The van der Waals surface area contributed by atoms with E-state index in [0.717, 1.165) is 12.0 Å². The van der Waals surface area contributed by atoms with Gasteiger partial charge in [-0.25, -0.2) is 0 Å². The number of rotatable bonds is 8. The molecule has 0 N–H and O–H groups in total. The maximum absolute atomic E-state index is 11.2. The van der Waals surface area contributed by atoms with E-state index in [-0.39, 0.29) is 5.24 Å². The van der Waals surface area contributed by atoms with Crippen molar-refractivity contribution in [3.8, 4) is 0 Å². The monoisotopic (exact) mass is 266 g/mol. The first kappa shape index (κ1) is 15.2. The first-order valence-electron chi connectivity index (χ1n) is 6.95. The number of halogens is 1. The summed E-state index contributed by atoms with van der Waals surface area (Å²) in [5.41, 5.74) is 2.96. The predicted octanol–water partition coefficient (Wildman–Crippen LogP) is 5.28. The molecule has 0 atom stereocenters. The van der Waals surface area contributed by atoms with Crippen LogP contribution < -0.4 is 0 Å². The minimum absolute atomic E-state index is 0.350. The molecule has 0 amide bonds. The van der Waals surface area contributed by atoms with Gasteiger partial charge >= 0.3 is 0 Å². The summed E-state index contributed by atoms with van der Waals surface area (Å²) in [6.45, 7) is 4.22. The first-order valence-corrected chi connectivity index (χ1v) is 7.33. The molecule has 0 aliphatic carbocycles. The molecule has 2 heteroatoms. The van der Waals surface area contributed by atoms with Gasteiger partial charge in [-0.15, -0.1) is 0 Å². The Hall–Kier alpha value is -0.820. The Labute approximate surface area is 116 Å². The predicted molar refractivity (Wildman–Crippen MR) is 78.4 cm³/mol. The van der Waals surface area contributed by atoms with E-state index >= 15 is 0 Å². The van der Waals surface area contributed by atoms with Gasteiger partial charge in [0.25, 0.3) is 5.24 Å². The minimum Gasteiger partial charge on any atom is -0.276 e. The van der Waals surface area contributed by atoms with E-state index < -0.39 is 0 Å². The topological polar surface area (TPSA) is 17.1 Å². The number of hydrogen-bond donors (Lipinski definition) is 0. The van der Waals surface area contributed by atoms with Crippen molar-refractivity contribution < 1.29 is 4.79 Å². The zero-order chi connectivity index (χ0) is 13.4. The highest BCUT2D eigenvalue weighted by atomic mass is 35.5. The zero-order valence-corrected chi connectivity index (χ0v) is 12.2. The number of carbonyl (C=O) groups is 1. The lowest BCUT2D eigenvalue weighted by molar-refractivity contribution is 0.108. The van der Waals surface area contributed by atoms with Crippen molar-refractivity contribution in [1.29, 1.82) is 0 Å². The second kappa shape index (κ2) is 8.31. The van der Waals surface area contributed by atoms with Gasteiger partial charge < -0.3 is 0 Å². The highest BCUT2D eigenvalue weighted by Crippen LogP contribution is 2.18. The smallest absolute Gasteiger partial charge is 0.252 e. The molecule has 0 bridgehead atoms. The maximum atomic E-state index is 11.2. The molecule has 1 aromatic rings. The number of aryl methyl sites for hydroxylation is 1. The lowest BCUT2D eigenvalue weighted by Crippen LogP contribution is -1.98. The molecule has 0 spiro atoms. The van der Waals surface area contributed by atoms with Crippen molar-refractivity contribution in [2.75, 3.05) is 0 Å². The van der Waals surface area contributed by atoms with Crippen molar-refractivity contribution >= 4 is 16.8 Å². The maximum Gasteiger partial charge on any atom is 0.252 e. The molecule has 0 radical (unpaired) electrons. The molecule has 1 nitrogen and oxygen atoms in total. The Morgan fingerprint density at radius 1 is 1.11 bits per heavy atom. The standard InChI is InChI=1S/C16H23ClO/c1-3-4-5-6-7-8-10-14-11-9-12-15(13(14)2)16(17)18/h9,11-12H,3-8,10H2,1-2H3. The molecule has 100 valence electrons. The van der Waals surface area contributed by atoms with Crippen LogP contribution >= 0.6 is 11.6 Å². The normalized spacial score (nSPS) is 10.6. The van der Waals surface area contributed by atoms with E-state index in [4.69, 9.17) is 11.6 Å². The molecular formula is C16H23ClO. The molecule has 0 aliphatic rings. The van der Waals surface area contributed by atoms with Crippen LogP contribution in [0.2, 0.25) is 0 Å². The SMILES string of the molecule is CCCCCCCCc1cccc(C(=O)Cl)c1C. The molecule has 0 aliphatic heterocycles. The average Bonchev–Trinajstić information content (AvgIpc) is 2.35. The Morgan fingerprint density at radius 2 is 1.78 bits per heavy atom. The van der Waals surface area contributed by atoms with E-state index in [1.807, 2.05) is 13.0 Å². The van der Waals surface area contributed by atoms with E-state index in [9.17, 15) is 4.79 Å². The second-order valence-corrected chi connectivity index (χ2v) is 5.22. The number of benzene rings is 1. The highest BCUT2D eigenvalue weighted by Gasteiger charge is 2.08. The van der Waals surface area contributed by atoms with Crippen molar-refractivity contribution in [1.82, 2.24) is 0 Å². The van der Waals surface area contributed by atoms with E-state index in [1.165, 1.54) is 44.1 Å². The summed E-state index contributed by atoms with van der Waals surface area (Å²) >= 11 is 5.56. The fourth-order valence-electron chi connectivity index (χ4n) is 2.26. The summed E-state index contributed by atoms with van der Waals surface area (Å²) in [5.74, 6) is 0. The molecule has 0 aromatic heterocycles. The van der Waals surface area contributed by atoms with Gasteiger partial charge in [0.15, 0.2) is 0 Å². The Kier molecular flexibility index (Phi) is 7.04. The van der Waals surface area contributed by atoms with Crippen molar-refractivity contribution in [3.63, 3.8) is 0 Å². The first-order chi connectivity index (χ1) is 8.66. The van der Waals surface area contributed by atoms with Crippen LogP contribution in [0.5, 0.6) is 0 Å². The lowest BCUT2D eigenvalue weighted by Gasteiger charge is -2.08. The van der Waals surface area contributed by atoms with Crippen LogP contribution in [0.15, 0.2) is 18.2 Å². The van der Waals surface area contributed by atoms with Gasteiger partial charge in [0.05, 0.1) is 0 Å². The van der Waals surface area contributed by atoms with Crippen LogP contribution in [0.1, 0.15) is 66.9 Å². The fraction of sp³-hybridized carbons (Fsp3) is 0.562. The minimum atomic E-state index is -0.350. The van der Waals surface area contributed by atoms with Gasteiger partial charge in [-0.1, -0.05) is 51.2 Å². The molecule has 0 fully saturated rings. The molecule has 0 saturated carbocycles. The number of unbranched alkanes of at least 4 members (excludes halogenated alkanes) is 5. The quantitative estimate of drug-likeness (QED) is 0.462. The molecular weight excluding hydrogens is 244 g/mol. The second-order valence-electron chi connectivity index (χ2n) is 4.88. The summed E-state index contributed by atoms with van der Waals surface area (Å²) < 4.78 is 0. The van der Waals surface area contributed by atoms with Crippen LogP contribution in [0, 0.1) is 6.92 Å². The molecule has 0 heterocycles. The van der Waals surface area contributed by atoms with Crippen molar-refractivity contribution in [2.24, 2.45) is 0 Å². The zero-order valence-electron chi connectivity index (χ0n) is 11.5. The van der Waals surface area contributed by atoms with Crippen LogP contribution in [0.25, 0.3) is 0 Å².